The van der Waals surface area contributed by atoms with Crippen LogP contribution in [0.4, 0.5) is 0 Å². The molecule has 24 heavy (non-hydrogen) atoms. The fraction of sp³-hybridized carbons (Fsp3) is 0.0952. The van der Waals surface area contributed by atoms with Crippen LogP contribution in [0.25, 0.3) is 22.4 Å². The standard InChI is InChI=1S/C21H19NO2/c1-3-13-24-21-18(16-7-5-4-6-8-16)14-19(23)22-20(21)17-11-9-15(2)10-12-17/h3-12,14H,1,13H2,2H3,(H,22,23). The average Bonchev–Trinajstić information content (AvgIpc) is 2.61. The molecule has 0 amide bonds. The van der Waals surface area contributed by atoms with Crippen molar-refractivity contribution in [3.63, 3.8) is 0 Å². The van der Waals surface area contributed by atoms with E-state index < -0.39 is 0 Å². The number of nitrogens with one attached hydrogen (secondary N) is 1. The van der Waals surface area contributed by atoms with Crippen LogP contribution in [0.1, 0.15) is 5.56 Å². The van der Waals surface area contributed by atoms with Crippen molar-refractivity contribution in [3.05, 3.63) is 89.2 Å². The largest absolute Gasteiger partial charge is 0.487 e. The van der Waals surface area contributed by atoms with Crippen LogP contribution in [-0.4, -0.2) is 11.6 Å². The molecule has 3 heteroatoms. The molecule has 3 rings (SSSR count). The molecule has 0 radical (unpaired) electrons. The van der Waals surface area contributed by atoms with Gasteiger partial charge in [0.05, 0.1) is 5.69 Å². The van der Waals surface area contributed by atoms with Crippen molar-refractivity contribution >= 4 is 0 Å². The Morgan fingerprint density at radius 3 is 2.42 bits per heavy atom. The predicted molar refractivity (Wildman–Crippen MR) is 98.4 cm³/mol. The molecule has 0 aliphatic heterocycles. The predicted octanol–water partition coefficient (Wildman–Crippen LogP) is 4.58. The highest BCUT2D eigenvalue weighted by Gasteiger charge is 2.15. The number of rotatable bonds is 5. The number of pyridine rings is 1. The molecule has 1 aromatic heterocycles. The van der Waals surface area contributed by atoms with Crippen molar-refractivity contribution in [2.45, 2.75) is 6.92 Å². The molecule has 0 aliphatic carbocycles. The molecular weight excluding hydrogens is 298 g/mol. The Morgan fingerprint density at radius 2 is 1.75 bits per heavy atom. The highest BCUT2D eigenvalue weighted by molar-refractivity contribution is 5.79. The lowest BCUT2D eigenvalue weighted by atomic mass is 10.0. The summed E-state index contributed by atoms with van der Waals surface area (Å²) >= 11 is 0. The number of hydrogen-bond donors (Lipinski definition) is 1. The van der Waals surface area contributed by atoms with Crippen molar-refractivity contribution in [2.24, 2.45) is 0 Å². The zero-order valence-electron chi connectivity index (χ0n) is 13.6. The summed E-state index contributed by atoms with van der Waals surface area (Å²) in [6, 6.07) is 19.3. The minimum atomic E-state index is -0.157. The molecule has 120 valence electrons. The van der Waals surface area contributed by atoms with Crippen molar-refractivity contribution < 1.29 is 4.74 Å². The third kappa shape index (κ3) is 3.30. The first-order valence-electron chi connectivity index (χ1n) is 7.82. The molecule has 0 saturated heterocycles. The number of aryl methyl sites for hydroxylation is 1. The summed E-state index contributed by atoms with van der Waals surface area (Å²) in [6.07, 6.45) is 1.69. The Labute approximate surface area is 141 Å². The van der Waals surface area contributed by atoms with Gasteiger partial charge in [-0.1, -0.05) is 72.8 Å². The second-order valence-electron chi connectivity index (χ2n) is 5.58. The third-order valence-corrected chi connectivity index (χ3v) is 3.77. The maximum absolute atomic E-state index is 12.2. The molecule has 3 aromatic rings. The van der Waals surface area contributed by atoms with E-state index in [1.165, 1.54) is 0 Å². The number of ether oxygens (including phenoxy) is 1. The molecule has 0 saturated carbocycles. The van der Waals surface area contributed by atoms with Gasteiger partial charge in [0.25, 0.3) is 0 Å². The molecule has 1 N–H and O–H groups in total. The SMILES string of the molecule is C=CCOc1c(-c2ccccc2)cc(=O)[nH]c1-c1ccc(C)cc1. The fourth-order valence-electron chi connectivity index (χ4n) is 2.60. The molecule has 0 atom stereocenters. The molecule has 0 unspecified atom stereocenters. The molecular formula is C21H19NO2. The Bertz CT molecular complexity index is 893. The van der Waals surface area contributed by atoms with Gasteiger partial charge in [-0.15, -0.1) is 0 Å². The lowest BCUT2D eigenvalue weighted by Gasteiger charge is -2.15. The summed E-state index contributed by atoms with van der Waals surface area (Å²) in [5.41, 5.74) is 4.31. The van der Waals surface area contributed by atoms with E-state index in [0.717, 1.165) is 22.3 Å². The van der Waals surface area contributed by atoms with E-state index in [0.29, 0.717) is 18.1 Å². The van der Waals surface area contributed by atoms with Crippen LogP contribution >= 0.6 is 0 Å². The van der Waals surface area contributed by atoms with Gasteiger partial charge in [-0.25, -0.2) is 0 Å². The number of benzene rings is 2. The summed E-state index contributed by atoms with van der Waals surface area (Å²) in [7, 11) is 0. The molecule has 0 spiro atoms. The van der Waals surface area contributed by atoms with Crippen molar-refractivity contribution in [2.75, 3.05) is 6.61 Å². The van der Waals surface area contributed by atoms with Gasteiger partial charge in [0.15, 0.2) is 5.75 Å². The maximum atomic E-state index is 12.2. The normalized spacial score (nSPS) is 10.4. The number of H-pyrrole nitrogens is 1. The fourth-order valence-corrected chi connectivity index (χ4v) is 2.60. The minimum absolute atomic E-state index is 0.157. The highest BCUT2D eigenvalue weighted by Crippen LogP contribution is 2.36. The average molecular weight is 317 g/mol. The van der Waals surface area contributed by atoms with Crippen molar-refractivity contribution in [1.82, 2.24) is 4.98 Å². The Balaban J connectivity index is 2.24. The molecule has 0 bridgehead atoms. The first kappa shape index (κ1) is 15.8. The zero-order valence-corrected chi connectivity index (χ0v) is 13.6. The van der Waals surface area contributed by atoms with Gasteiger partial charge in [-0.05, 0) is 12.5 Å². The summed E-state index contributed by atoms with van der Waals surface area (Å²) < 4.78 is 5.92. The van der Waals surface area contributed by atoms with Gasteiger partial charge in [0.1, 0.15) is 6.61 Å². The van der Waals surface area contributed by atoms with Gasteiger partial charge in [0, 0.05) is 17.2 Å². The van der Waals surface area contributed by atoms with E-state index >= 15 is 0 Å². The van der Waals surface area contributed by atoms with Crippen LogP contribution in [0.15, 0.2) is 78.1 Å². The van der Waals surface area contributed by atoms with E-state index in [4.69, 9.17) is 4.74 Å². The van der Waals surface area contributed by atoms with Crippen LogP contribution in [0.5, 0.6) is 5.75 Å². The van der Waals surface area contributed by atoms with Gasteiger partial charge in [-0.3, -0.25) is 4.79 Å². The maximum Gasteiger partial charge on any atom is 0.249 e. The van der Waals surface area contributed by atoms with Crippen LogP contribution in [0, 0.1) is 6.92 Å². The monoisotopic (exact) mass is 317 g/mol. The van der Waals surface area contributed by atoms with E-state index in [2.05, 4.69) is 11.6 Å². The third-order valence-electron chi connectivity index (χ3n) is 3.77. The molecule has 2 aromatic carbocycles. The van der Waals surface area contributed by atoms with Gasteiger partial charge in [0.2, 0.25) is 5.56 Å². The first-order chi connectivity index (χ1) is 11.7. The zero-order chi connectivity index (χ0) is 16.9. The number of aromatic amines is 1. The topological polar surface area (TPSA) is 42.1 Å². The highest BCUT2D eigenvalue weighted by atomic mass is 16.5. The van der Waals surface area contributed by atoms with Gasteiger partial charge >= 0.3 is 0 Å². The van der Waals surface area contributed by atoms with Gasteiger partial charge in [-0.2, -0.15) is 0 Å². The minimum Gasteiger partial charge on any atom is -0.487 e. The summed E-state index contributed by atoms with van der Waals surface area (Å²) in [5.74, 6) is 0.657. The van der Waals surface area contributed by atoms with E-state index in [1.54, 1.807) is 12.1 Å². The van der Waals surface area contributed by atoms with Crippen LogP contribution in [0.3, 0.4) is 0 Å². The van der Waals surface area contributed by atoms with Crippen molar-refractivity contribution in [1.29, 1.82) is 0 Å². The smallest absolute Gasteiger partial charge is 0.249 e. The van der Waals surface area contributed by atoms with Gasteiger partial charge < -0.3 is 9.72 Å². The van der Waals surface area contributed by atoms with E-state index in [9.17, 15) is 4.79 Å². The Hall–Kier alpha value is -3.07. The molecule has 3 nitrogen and oxygen atoms in total. The lowest BCUT2D eigenvalue weighted by molar-refractivity contribution is 0.364. The van der Waals surface area contributed by atoms with Crippen LogP contribution in [0.2, 0.25) is 0 Å². The van der Waals surface area contributed by atoms with E-state index in [1.807, 2.05) is 61.5 Å². The van der Waals surface area contributed by atoms with Crippen LogP contribution < -0.4 is 10.3 Å². The molecule has 1 heterocycles. The van der Waals surface area contributed by atoms with Crippen molar-refractivity contribution in [3.8, 4) is 28.1 Å². The summed E-state index contributed by atoms with van der Waals surface area (Å²) in [6.45, 7) is 6.11. The number of hydrogen-bond acceptors (Lipinski definition) is 2. The second-order valence-corrected chi connectivity index (χ2v) is 5.58. The lowest BCUT2D eigenvalue weighted by Crippen LogP contribution is -2.10. The Kier molecular flexibility index (Phi) is 4.62. The Morgan fingerprint density at radius 1 is 1.04 bits per heavy atom. The summed E-state index contributed by atoms with van der Waals surface area (Å²) in [5, 5.41) is 0. The van der Waals surface area contributed by atoms with E-state index in [-0.39, 0.29) is 5.56 Å². The number of aromatic nitrogens is 1. The summed E-state index contributed by atoms with van der Waals surface area (Å²) in [4.78, 5) is 15.1. The second kappa shape index (κ2) is 7.01. The quantitative estimate of drug-likeness (QED) is 0.700. The molecule has 0 fully saturated rings. The molecule has 0 aliphatic rings. The van der Waals surface area contributed by atoms with Crippen LogP contribution in [-0.2, 0) is 0 Å². The first-order valence-corrected chi connectivity index (χ1v) is 7.82.